The molecule has 2 aromatic heterocycles. The molecule has 0 saturated carbocycles. The smallest absolute Gasteiger partial charge is 0.339 e. The summed E-state index contributed by atoms with van der Waals surface area (Å²) in [6.07, 6.45) is 12.1. The van der Waals surface area contributed by atoms with Gasteiger partial charge in [-0.05, 0) is 92.3 Å². The lowest BCUT2D eigenvalue weighted by atomic mass is 9.91. The Hall–Kier alpha value is -3.33. The normalized spacial score (nSPS) is 17.0. The van der Waals surface area contributed by atoms with E-state index in [1.54, 1.807) is 12.3 Å². The van der Waals surface area contributed by atoms with E-state index in [0.29, 0.717) is 46.5 Å². The van der Waals surface area contributed by atoms with Crippen molar-refractivity contribution in [1.82, 2.24) is 19.9 Å². The highest BCUT2D eigenvalue weighted by atomic mass is 35.5. The number of fused-ring (bicyclic) bond motifs is 1. The number of aryl methyl sites for hydroxylation is 1. The molecule has 2 aromatic carbocycles. The Kier molecular flexibility index (Phi) is 10.7. The minimum Gasteiger partial charge on any atom is -0.339 e. The maximum atomic E-state index is 15.1. The lowest BCUT2D eigenvalue weighted by Gasteiger charge is -2.31. The standard InChI is InChI=1S/C35H44ClFN6O/c1-22(2)7-5-8-23-17-29(33(37)30(36)18-23)32-19-25-21-43(35(44)42-34(25)41-32)28-15-13-24(14-16-28)31-12-6-11-27(40-31)10-4-3-9-26(39)20-38/h13-19,21-22,27,31,39-40H,3-12,20,38H2,1-2H3,(H,41,42,44)/t27-,31+/m1/s1. The molecule has 3 heterocycles. The molecule has 2 atom stereocenters. The maximum absolute atomic E-state index is 15.1. The first-order valence-corrected chi connectivity index (χ1v) is 16.3. The summed E-state index contributed by atoms with van der Waals surface area (Å²) in [4.78, 5) is 20.5. The number of aromatic amines is 1. The summed E-state index contributed by atoms with van der Waals surface area (Å²) in [5.41, 5.74) is 10.0. The third-order valence-corrected chi connectivity index (χ3v) is 8.99. The van der Waals surface area contributed by atoms with Gasteiger partial charge in [0.1, 0.15) is 5.65 Å². The topological polar surface area (TPSA) is 113 Å². The van der Waals surface area contributed by atoms with Crippen LogP contribution in [0.15, 0.2) is 53.5 Å². The van der Waals surface area contributed by atoms with Crippen LogP contribution in [0, 0.1) is 17.1 Å². The van der Waals surface area contributed by atoms with Crippen molar-refractivity contribution in [3.63, 3.8) is 0 Å². The number of nitrogens with two attached hydrogens (primary N) is 1. The third kappa shape index (κ3) is 7.84. The van der Waals surface area contributed by atoms with E-state index >= 15 is 4.39 Å². The number of nitrogens with zero attached hydrogens (tertiary/aromatic N) is 2. The zero-order valence-electron chi connectivity index (χ0n) is 25.8. The molecule has 1 aliphatic heterocycles. The first kappa shape index (κ1) is 32.1. The van der Waals surface area contributed by atoms with E-state index in [0.717, 1.165) is 62.6 Å². The summed E-state index contributed by atoms with van der Waals surface area (Å²) in [7, 11) is 0. The molecular weight excluding hydrogens is 575 g/mol. The summed E-state index contributed by atoms with van der Waals surface area (Å²) in [6, 6.07) is 14.2. The SMILES string of the molecule is CC(C)CCCc1cc(Cl)c(F)c(-c2cc3cn(-c4ccc([C@@H]5CCC[C@@H](CCCCC(=N)CN)N5)cc4)c(=O)nc3[nH]2)c1. The molecule has 1 fully saturated rings. The highest BCUT2D eigenvalue weighted by molar-refractivity contribution is 6.31. The monoisotopic (exact) mass is 618 g/mol. The van der Waals surface area contributed by atoms with Gasteiger partial charge in [0.2, 0.25) is 0 Å². The van der Waals surface area contributed by atoms with Gasteiger partial charge in [0.05, 0.1) is 16.4 Å². The van der Waals surface area contributed by atoms with E-state index in [-0.39, 0.29) is 11.1 Å². The van der Waals surface area contributed by atoms with Crippen molar-refractivity contribution in [3.05, 3.63) is 81.1 Å². The van der Waals surface area contributed by atoms with Crippen LogP contribution in [0.25, 0.3) is 28.0 Å². The molecule has 0 spiro atoms. The molecule has 0 aliphatic carbocycles. The Labute approximate surface area is 263 Å². The van der Waals surface area contributed by atoms with Gasteiger partial charge in [-0.1, -0.05) is 56.8 Å². The summed E-state index contributed by atoms with van der Waals surface area (Å²) >= 11 is 6.29. The molecule has 44 heavy (non-hydrogen) atoms. The van der Waals surface area contributed by atoms with Crippen molar-refractivity contribution in [1.29, 1.82) is 5.41 Å². The first-order chi connectivity index (χ1) is 21.2. The second-order valence-electron chi connectivity index (χ2n) is 12.6. The average molecular weight is 619 g/mol. The molecule has 1 aliphatic rings. The molecule has 4 aromatic rings. The molecule has 9 heteroatoms. The van der Waals surface area contributed by atoms with Crippen molar-refractivity contribution in [2.45, 2.75) is 90.1 Å². The fraction of sp³-hybridized carbons (Fsp3) is 0.457. The molecule has 1 saturated heterocycles. The van der Waals surface area contributed by atoms with Crippen molar-refractivity contribution in [2.75, 3.05) is 6.54 Å². The van der Waals surface area contributed by atoms with Crippen LogP contribution in [0.3, 0.4) is 0 Å². The van der Waals surface area contributed by atoms with Crippen LogP contribution in [0.4, 0.5) is 4.39 Å². The fourth-order valence-electron chi connectivity index (χ4n) is 6.23. The van der Waals surface area contributed by atoms with Crippen LogP contribution in [0.2, 0.25) is 5.02 Å². The minimum absolute atomic E-state index is 0.0935. The Morgan fingerprint density at radius 1 is 1.16 bits per heavy atom. The van der Waals surface area contributed by atoms with Crippen LogP contribution in [0.5, 0.6) is 0 Å². The number of piperidine rings is 1. The van der Waals surface area contributed by atoms with Crippen molar-refractivity contribution in [2.24, 2.45) is 11.7 Å². The molecular formula is C35H44ClFN6O. The van der Waals surface area contributed by atoms with Crippen molar-refractivity contribution < 1.29 is 4.39 Å². The van der Waals surface area contributed by atoms with E-state index in [9.17, 15) is 4.79 Å². The van der Waals surface area contributed by atoms with Gasteiger partial charge in [-0.15, -0.1) is 0 Å². The number of H-pyrrole nitrogens is 1. The third-order valence-electron chi connectivity index (χ3n) is 8.72. The number of nitrogens with one attached hydrogen (secondary N) is 3. The minimum atomic E-state index is -0.484. The van der Waals surface area contributed by atoms with Crippen molar-refractivity contribution in [3.8, 4) is 16.9 Å². The van der Waals surface area contributed by atoms with E-state index in [4.69, 9.17) is 22.7 Å². The Bertz CT molecular complexity index is 1640. The number of halogens is 2. The van der Waals surface area contributed by atoms with Gasteiger partial charge < -0.3 is 21.4 Å². The second kappa shape index (κ2) is 14.6. The lowest BCUT2D eigenvalue weighted by Crippen LogP contribution is -2.36. The van der Waals surface area contributed by atoms with E-state index in [1.165, 1.54) is 23.0 Å². The molecule has 0 amide bonds. The highest BCUT2D eigenvalue weighted by Crippen LogP contribution is 2.32. The molecule has 234 valence electrons. The fourth-order valence-corrected chi connectivity index (χ4v) is 6.47. The van der Waals surface area contributed by atoms with Gasteiger partial charge in [0, 0.05) is 41.5 Å². The zero-order valence-corrected chi connectivity index (χ0v) is 26.5. The predicted octanol–water partition coefficient (Wildman–Crippen LogP) is 7.87. The summed E-state index contributed by atoms with van der Waals surface area (Å²) in [6.45, 7) is 4.74. The number of hydrogen-bond acceptors (Lipinski definition) is 5. The molecule has 7 nitrogen and oxygen atoms in total. The first-order valence-electron chi connectivity index (χ1n) is 15.9. The molecule has 0 unspecified atom stereocenters. The van der Waals surface area contributed by atoms with E-state index < -0.39 is 11.5 Å². The average Bonchev–Trinajstić information content (AvgIpc) is 3.43. The Balaban J connectivity index is 1.30. The van der Waals surface area contributed by atoms with Gasteiger partial charge >= 0.3 is 5.69 Å². The van der Waals surface area contributed by atoms with Gasteiger partial charge in [0.25, 0.3) is 0 Å². The summed E-state index contributed by atoms with van der Waals surface area (Å²) in [5.74, 6) is 0.123. The molecule has 0 bridgehead atoms. The number of rotatable bonds is 13. The summed E-state index contributed by atoms with van der Waals surface area (Å²) < 4.78 is 16.7. The van der Waals surface area contributed by atoms with Crippen LogP contribution in [-0.2, 0) is 6.42 Å². The highest BCUT2D eigenvalue weighted by Gasteiger charge is 2.22. The van der Waals surface area contributed by atoms with Gasteiger partial charge in [-0.25, -0.2) is 9.18 Å². The van der Waals surface area contributed by atoms with E-state index in [2.05, 4.69) is 41.3 Å². The lowest BCUT2D eigenvalue weighted by molar-refractivity contribution is 0.307. The van der Waals surface area contributed by atoms with Crippen LogP contribution >= 0.6 is 11.6 Å². The van der Waals surface area contributed by atoms with Gasteiger partial charge in [-0.2, -0.15) is 4.98 Å². The Morgan fingerprint density at radius 3 is 2.70 bits per heavy atom. The number of benzene rings is 2. The van der Waals surface area contributed by atoms with Gasteiger partial charge in [-0.3, -0.25) is 4.57 Å². The van der Waals surface area contributed by atoms with Crippen LogP contribution in [0.1, 0.15) is 88.8 Å². The number of aromatic nitrogens is 3. The quantitative estimate of drug-likeness (QED) is 0.0902. The molecule has 0 radical (unpaired) electrons. The molecule has 5 N–H and O–H groups in total. The van der Waals surface area contributed by atoms with Crippen LogP contribution < -0.4 is 16.7 Å². The zero-order chi connectivity index (χ0) is 31.2. The van der Waals surface area contributed by atoms with E-state index in [1.807, 2.05) is 24.3 Å². The summed E-state index contributed by atoms with van der Waals surface area (Å²) in [5, 5.41) is 12.4. The van der Waals surface area contributed by atoms with Crippen molar-refractivity contribution >= 4 is 28.3 Å². The predicted molar refractivity (Wildman–Crippen MR) is 179 cm³/mol. The van der Waals surface area contributed by atoms with Gasteiger partial charge in [0.15, 0.2) is 5.82 Å². The molecule has 5 rings (SSSR count). The van der Waals surface area contributed by atoms with Crippen LogP contribution in [-0.4, -0.2) is 32.8 Å². The maximum Gasteiger partial charge on any atom is 0.354 e. The number of unbranched alkanes of at least 4 members (excludes halogenated alkanes) is 1. The second-order valence-corrected chi connectivity index (χ2v) is 13.0. The largest absolute Gasteiger partial charge is 0.354 e. The Morgan fingerprint density at radius 2 is 1.95 bits per heavy atom. The number of hydrogen-bond donors (Lipinski definition) is 4.